The number of hydrogen-bond acceptors (Lipinski definition) is 5. The Hall–Kier alpha value is -1.32. The van der Waals surface area contributed by atoms with Crippen molar-refractivity contribution in [2.75, 3.05) is 11.6 Å². The summed E-state index contributed by atoms with van der Waals surface area (Å²) in [6.45, 7) is 0. The maximum atomic E-state index is 10.5. The van der Waals surface area contributed by atoms with Gasteiger partial charge in [0, 0.05) is 17.7 Å². The quantitative estimate of drug-likeness (QED) is 0.266. The van der Waals surface area contributed by atoms with E-state index in [2.05, 4.69) is 4.98 Å². The van der Waals surface area contributed by atoms with Crippen molar-refractivity contribution in [3.05, 3.63) is 27.9 Å². The lowest BCUT2D eigenvalue weighted by atomic mass is 10.3. The molecule has 0 bridgehead atoms. The fraction of sp³-hybridized carbons (Fsp3) is 0.333. The number of nitriles is 1. The Morgan fingerprint density at radius 2 is 2.44 bits per heavy atom. The van der Waals surface area contributed by atoms with E-state index >= 15 is 0 Å². The van der Waals surface area contributed by atoms with Gasteiger partial charge in [-0.2, -0.15) is 5.26 Å². The van der Waals surface area contributed by atoms with Crippen LogP contribution in [0.2, 0.25) is 0 Å². The number of thioether (sulfide) groups is 1. The summed E-state index contributed by atoms with van der Waals surface area (Å²) in [4.78, 5) is 13.8. The second kappa shape index (κ2) is 6.30. The summed E-state index contributed by atoms with van der Waals surface area (Å²) in [5, 5.41) is 19.8. The molecule has 0 saturated carbocycles. The van der Waals surface area contributed by atoms with Crippen LogP contribution in [0, 0.1) is 21.4 Å². The lowest BCUT2D eigenvalue weighted by molar-refractivity contribution is -0.385. The average Bonchev–Trinajstić information content (AvgIpc) is 2.29. The third kappa shape index (κ3) is 3.36. The Morgan fingerprint density at radius 1 is 1.69 bits per heavy atom. The van der Waals surface area contributed by atoms with Gasteiger partial charge in [0.1, 0.15) is 17.3 Å². The van der Waals surface area contributed by atoms with E-state index in [1.54, 1.807) is 0 Å². The smallest absolute Gasteiger partial charge is 0.258 e. The predicted molar refractivity (Wildman–Crippen MR) is 61.7 cm³/mol. The van der Waals surface area contributed by atoms with E-state index in [0.717, 1.165) is 18.4 Å². The highest BCUT2D eigenvalue weighted by Crippen LogP contribution is 2.23. The van der Waals surface area contributed by atoms with Gasteiger partial charge in [-0.15, -0.1) is 23.4 Å². The van der Waals surface area contributed by atoms with Crippen LogP contribution in [0.25, 0.3) is 0 Å². The number of nitrogens with zero attached hydrogens (tertiary/aromatic N) is 3. The van der Waals surface area contributed by atoms with Crippen molar-refractivity contribution in [2.24, 2.45) is 0 Å². The van der Waals surface area contributed by atoms with Gasteiger partial charge in [-0.25, -0.2) is 4.98 Å². The first-order chi connectivity index (χ1) is 7.69. The minimum Gasteiger partial charge on any atom is -0.258 e. The van der Waals surface area contributed by atoms with Crippen LogP contribution >= 0.6 is 23.4 Å². The summed E-state index contributed by atoms with van der Waals surface area (Å²) in [5.41, 5.74) is 0.0621. The highest BCUT2D eigenvalue weighted by molar-refractivity contribution is 7.99. The molecule has 1 aromatic heterocycles. The molecule has 0 aliphatic heterocycles. The molecule has 0 aromatic carbocycles. The molecule has 5 nitrogen and oxygen atoms in total. The van der Waals surface area contributed by atoms with Crippen molar-refractivity contribution in [1.29, 1.82) is 5.26 Å². The van der Waals surface area contributed by atoms with Crippen LogP contribution in [0.1, 0.15) is 12.0 Å². The third-order valence-corrected chi connectivity index (χ3v) is 3.04. The number of hydrogen-bond donors (Lipinski definition) is 0. The van der Waals surface area contributed by atoms with Gasteiger partial charge >= 0.3 is 0 Å². The Bertz CT molecular complexity index is 433. The minimum atomic E-state index is -0.568. The Kier molecular flexibility index (Phi) is 5.02. The Balaban J connectivity index is 2.86. The van der Waals surface area contributed by atoms with E-state index < -0.39 is 4.92 Å². The van der Waals surface area contributed by atoms with Crippen LogP contribution in [0.3, 0.4) is 0 Å². The fourth-order valence-corrected chi connectivity index (χ4v) is 2.12. The Morgan fingerprint density at radius 3 is 3.00 bits per heavy atom. The first-order valence-corrected chi connectivity index (χ1v) is 5.94. The van der Waals surface area contributed by atoms with Crippen LogP contribution in [0.5, 0.6) is 0 Å². The molecule has 1 heterocycles. The zero-order valence-electron chi connectivity index (χ0n) is 8.22. The normalized spacial score (nSPS) is 9.75. The van der Waals surface area contributed by atoms with Gasteiger partial charge in [-0.05, 0) is 6.42 Å². The number of aromatic nitrogens is 1. The molecule has 0 aliphatic carbocycles. The highest BCUT2D eigenvalue weighted by Gasteiger charge is 2.12. The summed E-state index contributed by atoms with van der Waals surface area (Å²) in [6.07, 6.45) is 1.96. The van der Waals surface area contributed by atoms with Gasteiger partial charge in [-0.1, -0.05) is 0 Å². The molecule has 0 unspecified atom stereocenters. The van der Waals surface area contributed by atoms with E-state index in [4.69, 9.17) is 16.9 Å². The molecule has 1 rings (SSSR count). The summed E-state index contributed by atoms with van der Waals surface area (Å²) < 4.78 is 0. The molecule has 0 saturated heterocycles. The van der Waals surface area contributed by atoms with Gasteiger partial charge in [0.05, 0.1) is 10.5 Å². The number of alkyl halides is 1. The van der Waals surface area contributed by atoms with Crippen molar-refractivity contribution in [3.8, 4) is 6.07 Å². The number of halogens is 1. The van der Waals surface area contributed by atoms with Crippen LogP contribution in [0.15, 0.2) is 17.3 Å². The zero-order chi connectivity index (χ0) is 12.0. The van der Waals surface area contributed by atoms with E-state index in [9.17, 15) is 10.1 Å². The van der Waals surface area contributed by atoms with E-state index in [1.165, 1.54) is 17.8 Å². The molecule has 0 aliphatic rings. The molecule has 0 fully saturated rings. The molecular formula is C9H8ClN3O2S. The summed E-state index contributed by atoms with van der Waals surface area (Å²) in [5.74, 6) is 1.28. The zero-order valence-corrected chi connectivity index (χ0v) is 9.79. The molecule has 0 atom stereocenters. The predicted octanol–water partition coefficient (Wildman–Crippen LogP) is 2.58. The molecule has 0 N–H and O–H groups in total. The molecule has 16 heavy (non-hydrogen) atoms. The third-order valence-electron chi connectivity index (χ3n) is 1.68. The lowest BCUT2D eigenvalue weighted by Crippen LogP contribution is -1.94. The van der Waals surface area contributed by atoms with Crippen LogP contribution < -0.4 is 0 Å². The number of rotatable bonds is 5. The largest absolute Gasteiger partial charge is 0.288 e. The molecule has 0 amide bonds. The van der Waals surface area contributed by atoms with Gasteiger partial charge in [0.25, 0.3) is 5.69 Å². The first-order valence-electron chi connectivity index (χ1n) is 4.42. The monoisotopic (exact) mass is 257 g/mol. The maximum absolute atomic E-state index is 10.5. The summed E-state index contributed by atoms with van der Waals surface area (Å²) in [6, 6.07) is 3.13. The van der Waals surface area contributed by atoms with Crippen LogP contribution in [-0.2, 0) is 0 Å². The molecule has 7 heteroatoms. The highest BCUT2D eigenvalue weighted by atomic mass is 35.5. The van der Waals surface area contributed by atoms with E-state index in [0.29, 0.717) is 10.9 Å². The van der Waals surface area contributed by atoms with Crippen LogP contribution in [-0.4, -0.2) is 21.5 Å². The maximum Gasteiger partial charge on any atom is 0.288 e. The van der Waals surface area contributed by atoms with Gasteiger partial charge in [0.2, 0.25) is 0 Å². The molecule has 1 aromatic rings. The fourth-order valence-electron chi connectivity index (χ4n) is 0.960. The van der Waals surface area contributed by atoms with Crippen molar-refractivity contribution in [1.82, 2.24) is 4.98 Å². The van der Waals surface area contributed by atoms with Crippen molar-refractivity contribution in [3.63, 3.8) is 0 Å². The Labute approximate surface area is 102 Å². The first kappa shape index (κ1) is 12.7. The van der Waals surface area contributed by atoms with E-state index in [-0.39, 0.29) is 11.3 Å². The second-order valence-corrected chi connectivity index (χ2v) is 4.27. The summed E-state index contributed by atoms with van der Waals surface area (Å²) >= 11 is 6.90. The van der Waals surface area contributed by atoms with Crippen molar-refractivity contribution >= 4 is 29.1 Å². The lowest BCUT2D eigenvalue weighted by Gasteiger charge is -2.01. The SMILES string of the molecule is N#Cc1cc([N+](=O)[O-])cnc1SCCCCl. The topological polar surface area (TPSA) is 79.8 Å². The molecule has 84 valence electrons. The molecule has 0 radical (unpaired) electrons. The van der Waals surface area contributed by atoms with E-state index in [1.807, 2.05) is 6.07 Å². The van der Waals surface area contributed by atoms with Crippen molar-refractivity contribution in [2.45, 2.75) is 11.4 Å². The van der Waals surface area contributed by atoms with Crippen molar-refractivity contribution < 1.29 is 4.92 Å². The van der Waals surface area contributed by atoms with Gasteiger partial charge < -0.3 is 0 Å². The molecule has 0 spiro atoms. The molecular weight excluding hydrogens is 250 g/mol. The standard InChI is InChI=1S/C9H8ClN3O2S/c10-2-1-3-16-9-7(5-11)4-8(6-12-9)13(14)15/h4,6H,1-3H2. The second-order valence-electron chi connectivity index (χ2n) is 2.81. The average molecular weight is 258 g/mol. The van der Waals surface area contributed by atoms with Crippen LogP contribution in [0.4, 0.5) is 5.69 Å². The summed E-state index contributed by atoms with van der Waals surface area (Å²) in [7, 11) is 0. The van der Waals surface area contributed by atoms with Gasteiger partial charge in [0.15, 0.2) is 0 Å². The number of nitro groups is 1. The number of pyridine rings is 1. The van der Waals surface area contributed by atoms with Gasteiger partial charge in [-0.3, -0.25) is 10.1 Å². The minimum absolute atomic E-state index is 0.168.